The van der Waals surface area contributed by atoms with Gasteiger partial charge in [0.15, 0.2) is 5.13 Å². The highest BCUT2D eigenvalue weighted by atomic mass is 32.1. The predicted octanol–water partition coefficient (Wildman–Crippen LogP) is 3.34. The first-order valence-corrected chi connectivity index (χ1v) is 7.26. The topological polar surface area (TPSA) is 53.4 Å². The van der Waals surface area contributed by atoms with E-state index in [-0.39, 0.29) is 6.42 Å². The molecule has 20 heavy (non-hydrogen) atoms. The molecule has 0 aliphatic carbocycles. The molecule has 0 fully saturated rings. The maximum atomic E-state index is 10.6. The number of nitrogens with zero attached hydrogens (tertiary/aromatic N) is 2. The molecule has 5 heteroatoms. The molecule has 0 aliphatic heterocycles. The van der Waals surface area contributed by atoms with Crippen LogP contribution in [0.25, 0.3) is 11.3 Å². The van der Waals surface area contributed by atoms with E-state index in [1.807, 2.05) is 18.9 Å². The zero-order chi connectivity index (χ0) is 14.7. The quantitative estimate of drug-likeness (QED) is 0.917. The van der Waals surface area contributed by atoms with Gasteiger partial charge in [-0.05, 0) is 13.8 Å². The van der Waals surface area contributed by atoms with Crippen molar-refractivity contribution >= 4 is 22.4 Å². The number of benzene rings is 1. The SMILES string of the molecule is Cc1ccc(-c2nc(N(C)CCC(=O)O)sc2C)cc1. The van der Waals surface area contributed by atoms with Crippen LogP contribution in [-0.2, 0) is 4.79 Å². The number of aliphatic carboxylic acids is 1. The van der Waals surface area contributed by atoms with Crippen molar-refractivity contribution in [2.24, 2.45) is 0 Å². The Morgan fingerprint density at radius 2 is 1.95 bits per heavy atom. The number of carboxylic acids is 1. The van der Waals surface area contributed by atoms with Crippen LogP contribution in [0.5, 0.6) is 0 Å². The Bertz CT molecular complexity index is 605. The standard InChI is InChI=1S/C15H18N2O2S/c1-10-4-6-12(7-5-10)14-11(2)20-15(16-14)17(3)9-8-13(18)19/h4-7H,8-9H2,1-3H3,(H,18,19). The molecule has 0 atom stereocenters. The number of thiazole rings is 1. The van der Waals surface area contributed by atoms with Gasteiger partial charge in [0.1, 0.15) is 0 Å². The number of rotatable bonds is 5. The van der Waals surface area contributed by atoms with Crippen LogP contribution in [0.1, 0.15) is 16.9 Å². The monoisotopic (exact) mass is 290 g/mol. The fourth-order valence-corrected chi connectivity index (χ4v) is 2.80. The third kappa shape index (κ3) is 3.36. The van der Waals surface area contributed by atoms with Crippen molar-refractivity contribution in [2.45, 2.75) is 20.3 Å². The van der Waals surface area contributed by atoms with E-state index in [0.29, 0.717) is 6.54 Å². The van der Waals surface area contributed by atoms with Crippen LogP contribution in [0.2, 0.25) is 0 Å². The number of aryl methyl sites for hydroxylation is 2. The van der Waals surface area contributed by atoms with Crippen molar-refractivity contribution in [3.8, 4) is 11.3 Å². The second kappa shape index (κ2) is 6.05. The van der Waals surface area contributed by atoms with Crippen LogP contribution in [0, 0.1) is 13.8 Å². The summed E-state index contributed by atoms with van der Waals surface area (Å²) in [6, 6.07) is 8.28. The van der Waals surface area contributed by atoms with Crippen LogP contribution in [-0.4, -0.2) is 29.7 Å². The predicted molar refractivity (Wildman–Crippen MR) is 82.5 cm³/mol. The lowest BCUT2D eigenvalue weighted by molar-refractivity contribution is -0.136. The largest absolute Gasteiger partial charge is 0.481 e. The Hall–Kier alpha value is -1.88. The zero-order valence-electron chi connectivity index (χ0n) is 11.9. The molecule has 1 aromatic heterocycles. The highest BCUT2D eigenvalue weighted by molar-refractivity contribution is 7.16. The van der Waals surface area contributed by atoms with Gasteiger partial charge in [-0.2, -0.15) is 0 Å². The van der Waals surface area contributed by atoms with Gasteiger partial charge in [-0.3, -0.25) is 4.79 Å². The van der Waals surface area contributed by atoms with Gasteiger partial charge < -0.3 is 10.0 Å². The first-order chi connectivity index (χ1) is 9.47. The lowest BCUT2D eigenvalue weighted by atomic mass is 10.1. The molecular formula is C15H18N2O2S. The molecule has 1 N–H and O–H groups in total. The average Bonchev–Trinajstić information content (AvgIpc) is 2.79. The van der Waals surface area contributed by atoms with Crippen LogP contribution in [0.3, 0.4) is 0 Å². The third-order valence-corrected chi connectivity index (χ3v) is 4.18. The molecular weight excluding hydrogens is 272 g/mol. The molecule has 106 valence electrons. The van der Waals surface area contributed by atoms with E-state index >= 15 is 0 Å². The summed E-state index contributed by atoms with van der Waals surface area (Å²) in [6.07, 6.45) is 0.120. The van der Waals surface area contributed by atoms with E-state index in [1.165, 1.54) is 5.56 Å². The summed E-state index contributed by atoms with van der Waals surface area (Å²) in [5.74, 6) is -0.788. The van der Waals surface area contributed by atoms with Gasteiger partial charge in [0.25, 0.3) is 0 Å². The highest BCUT2D eigenvalue weighted by Crippen LogP contribution is 2.32. The fourth-order valence-electron chi connectivity index (χ4n) is 1.88. The molecule has 1 heterocycles. The summed E-state index contributed by atoms with van der Waals surface area (Å²) in [7, 11) is 1.88. The fraction of sp³-hybridized carbons (Fsp3) is 0.333. The molecule has 0 saturated heterocycles. The Morgan fingerprint density at radius 3 is 2.55 bits per heavy atom. The summed E-state index contributed by atoms with van der Waals surface area (Å²) in [5, 5.41) is 9.59. The first kappa shape index (κ1) is 14.5. The number of anilines is 1. The third-order valence-electron chi connectivity index (χ3n) is 3.10. The number of hydrogen-bond acceptors (Lipinski definition) is 4. The van der Waals surface area contributed by atoms with Gasteiger partial charge in [-0.1, -0.05) is 29.8 Å². The summed E-state index contributed by atoms with van der Waals surface area (Å²) < 4.78 is 0. The summed E-state index contributed by atoms with van der Waals surface area (Å²) in [4.78, 5) is 18.3. The molecule has 0 radical (unpaired) electrons. The highest BCUT2D eigenvalue weighted by Gasteiger charge is 2.13. The second-order valence-corrected chi connectivity index (χ2v) is 6.01. The molecule has 2 rings (SSSR count). The minimum atomic E-state index is -0.788. The normalized spacial score (nSPS) is 10.6. The van der Waals surface area contributed by atoms with E-state index < -0.39 is 5.97 Å². The van der Waals surface area contributed by atoms with Crippen molar-refractivity contribution < 1.29 is 9.90 Å². The van der Waals surface area contributed by atoms with Crippen molar-refractivity contribution in [1.29, 1.82) is 0 Å². The molecule has 0 unspecified atom stereocenters. The van der Waals surface area contributed by atoms with Gasteiger partial charge >= 0.3 is 5.97 Å². The number of carboxylic acid groups (broad SMARTS) is 1. The summed E-state index contributed by atoms with van der Waals surface area (Å²) in [5.41, 5.74) is 3.30. The lowest BCUT2D eigenvalue weighted by Gasteiger charge is -2.13. The molecule has 0 bridgehead atoms. The van der Waals surface area contributed by atoms with Crippen LogP contribution < -0.4 is 4.90 Å². The van der Waals surface area contributed by atoms with Crippen molar-refractivity contribution in [3.05, 3.63) is 34.7 Å². The lowest BCUT2D eigenvalue weighted by Crippen LogP contribution is -2.20. The molecule has 2 aromatic rings. The van der Waals surface area contributed by atoms with E-state index in [1.54, 1.807) is 11.3 Å². The van der Waals surface area contributed by atoms with Crippen LogP contribution >= 0.6 is 11.3 Å². The van der Waals surface area contributed by atoms with Crippen LogP contribution in [0.15, 0.2) is 24.3 Å². The van der Waals surface area contributed by atoms with Crippen molar-refractivity contribution in [1.82, 2.24) is 4.98 Å². The van der Waals surface area contributed by atoms with E-state index in [2.05, 4.69) is 36.2 Å². The molecule has 0 saturated carbocycles. The first-order valence-electron chi connectivity index (χ1n) is 6.45. The number of aromatic nitrogens is 1. The molecule has 0 amide bonds. The van der Waals surface area contributed by atoms with E-state index in [4.69, 9.17) is 5.11 Å². The minimum absolute atomic E-state index is 0.120. The van der Waals surface area contributed by atoms with E-state index in [0.717, 1.165) is 21.3 Å². The summed E-state index contributed by atoms with van der Waals surface area (Å²) >= 11 is 1.60. The maximum Gasteiger partial charge on any atom is 0.305 e. The molecule has 4 nitrogen and oxygen atoms in total. The Labute approximate surface area is 122 Å². The Morgan fingerprint density at radius 1 is 1.30 bits per heavy atom. The Kier molecular flexibility index (Phi) is 4.39. The van der Waals surface area contributed by atoms with Gasteiger partial charge in [0.2, 0.25) is 0 Å². The summed E-state index contributed by atoms with van der Waals surface area (Å²) in [6.45, 7) is 4.57. The molecule has 0 spiro atoms. The molecule has 0 aliphatic rings. The van der Waals surface area contributed by atoms with Gasteiger partial charge in [-0.25, -0.2) is 4.98 Å². The number of carbonyl (C=O) groups is 1. The minimum Gasteiger partial charge on any atom is -0.481 e. The average molecular weight is 290 g/mol. The van der Waals surface area contributed by atoms with Crippen molar-refractivity contribution in [3.63, 3.8) is 0 Å². The van der Waals surface area contributed by atoms with Gasteiger partial charge in [0, 0.05) is 24.0 Å². The maximum absolute atomic E-state index is 10.6. The van der Waals surface area contributed by atoms with Crippen molar-refractivity contribution in [2.75, 3.05) is 18.5 Å². The van der Waals surface area contributed by atoms with E-state index in [9.17, 15) is 4.79 Å². The van der Waals surface area contributed by atoms with Gasteiger partial charge in [-0.15, -0.1) is 11.3 Å². The Balaban J connectivity index is 2.20. The van der Waals surface area contributed by atoms with Gasteiger partial charge in [0.05, 0.1) is 12.1 Å². The van der Waals surface area contributed by atoms with Crippen LogP contribution in [0.4, 0.5) is 5.13 Å². The smallest absolute Gasteiger partial charge is 0.305 e. The second-order valence-electron chi connectivity index (χ2n) is 4.83. The zero-order valence-corrected chi connectivity index (χ0v) is 12.7. The molecule has 1 aromatic carbocycles. The number of hydrogen-bond donors (Lipinski definition) is 1.